The fourth-order valence-corrected chi connectivity index (χ4v) is 3.67. The number of carbonyl (C=O) groups excluding carboxylic acids is 1. The third-order valence-electron chi connectivity index (χ3n) is 5.28. The number of rotatable bonds is 3. The molecule has 7 heteroatoms. The van der Waals surface area contributed by atoms with Gasteiger partial charge >= 0.3 is 6.03 Å². The molecule has 0 spiro atoms. The lowest BCUT2D eigenvalue weighted by Gasteiger charge is -2.35. The van der Waals surface area contributed by atoms with Gasteiger partial charge in [0.05, 0.1) is 5.69 Å². The Morgan fingerprint density at radius 3 is 2.53 bits per heavy atom. The fourth-order valence-electron chi connectivity index (χ4n) is 3.49. The highest BCUT2D eigenvalue weighted by molar-refractivity contribution is 6.31. The summed E-state index contributed by atoms with van der Waals surface area (Å²) < 4.78 is 0. The molecule has 1 aliphatic rings. The first-order valence-corrected chi connectivity index (χ1v) is 10.3. The molecule has 154 valence electrons. The lowest BCUT2D eigenvalue weighted by molar-refractivity contribution is 0.208. The molecule has 4 rings (SSSR count). The van der Waals surface area contributed by atoms with Crippen LogP contribution in [0.2, 0.25) is 5.02 Å². The van der Waals surface area contributed by atoms with E-state index in [0.29, 0.717) is 36.9 Å². The minimum atomic E-state index is -0.113. The minimum Gasteiger partial charge on any atom is -0.353 e. The summed E-state index contributed by atoms with van der Waals surface area (Å²) in [6.45, 7) is 6.67. The quantitative estimate of drug-likeness (QED) is 0.661. The van der Waals surface area contributed by atoms with Gasteiger partial charge in [-0.1, -0.05) is 41.4 Å². The van der Waals surface area contributed by atoms with Crippen LogP contribution in [0.15, 0.2) is 54.9 Å². The smallest absolute Gasteiger partial charge is 0.321 e. The Labute approximate surface area is 181 Å². The van der Waals surface area contributed by atoms with E-state index in [0.717, 1.165) is 22.6 Å². The number of nitrogens with one attached hydrogen (secondary N) is 1. The van der Waals surface area contributed by atoms with E-state index in [-0.39, 0.29) is 6.03 Å². The van der Waals surface area contributed by atoms with E-state index in [1.807, 2.05) is 36.1 Å². The maximum Gasteiger partial charge on any atom is 0.321 e. The topological polar surface area (TPSA) is 61.4 Å². The van der Waals surface area contributed by atoms with Gasteiger partial charge in [0.15, 0.2) is 0 Å². The van der Waals surface area contributed by atoms with Crippen molar-refractivity contribution in [1.29, 1.82) is 0 Å². The van der Waals surface area contributed by atoms with Gasteiger partial charge in [-0.15, -0.1) is 0 Å². The van der Waals surface area contributed by atoms with Crippen molar-refractivity contribution >= 4 is 29.1 Å². The molecule has 2 aromatic carbocycles. The number of carbonyl (C=O) groups is 1. The van der Waals surface area contributed by atoms with Gasteiger partial charge in [-0.05, 0) is 37.6 Å². The Morgan fingerprint density at radius 2 is 1.80 bits per heavy atom. The summed E-state index contributed by atoms with van der Waals surface area (Å²) in [6.07, 6.45) is 1.60. The highest BCUT2D eigenvalue weighted by Gasteiger charge is 2.22. The average molecular weight is 422 g/mol. The van der Waals surface area contributed by atoms with Crippen LogP contribution in [0.3, 0.4) is 0 Å². The summed E-state index contributed by atoms with van der Waals surface area (Å²) in [4.78, 5) is 25.5. The molecule has 2 heterocycles. The summed E-state index contributed by atoms with van der Waals surface area (Å²) in [5.41, 5.74) is 4.87. The normalized spacial score (nSPS) is 14.0. The number of aryl methyl sites for hydroxylation is 2. The molecule has 0 bridgehead atoms. The van der Waals surface area contributed by atoms with E-state index < -0.39 is 0 Å². The van der Waals surface area contributed by atoms with E-state index in [4.69, 9.17) is 11.6 Å². The molecule has 1 fully saturated rings. The number of halogens is 1. The number of anilines is 2. The monoisotopic (exact) mass is 421 g/mol. The molecule has 6 nitrogen and oxygen atoms in total. The number of amides is 2. The third-order valence-corrected chi connectivity index (χ3v) is 5.69. The van der Waals surface area contributed by atoms with Crippen LogP contribution >= 0.6 is 11.6 Å². The number of hydrogen-bond donors (Lipinski definition) is 1. The first-order chi connectivity index (χ1) is 14.5. The van der Waals surface area contributed by atoms with Gasteiger partial charge in [0, 0.05) is 48.5 Å². The second-order valence-corrected chi connectivity index (χ2v) is 7.91. The van der Waals surface area contributed by atoms with Gasteiger partial charge in [0.25, 0.3) is 0 Å². The standard InChI is InChI=1S/C23H24ClN5O/c1-16-4-3-5-18(12-16)21-14-22(26-15-25-21)28-8-10-29(11-9-28)23(30)27-19-7-6-17(2)20(24)13-19/h3-7,12-15H,8-11H2,1-2H3,(H,27,30). The first kappa shape index (κ1) is 20.2. The Hall–Kier alpha value is -3.12. The zero-order chi connectivity index (χ0) is 21.1. The summed E-state index contributed by atoms with van der Waals surface area (Å²) in [6, 6.07) is 15.7. The highest BCUT2D eigenvalue weighted by Crippen LogP contribution is 2.23. The number of nitrogens with zero attached hydrogens (tertiary/aromatic N) is 4. The van der Waals surface area contributed by atoms with Crippen molar-refractivity contribution in [1.82, 2.24) is 14.9 Å². The van der Waals surface area contributed by atoms with Gasteiger partial charge in [0.1, 0.15) is 12.1 Å². The number of hydrogen-bond acceptors (Lipinski definition) is 4. The van der Waals surface area contributed by atoms with Crippen LogP contribution in [0.5, 0.6) is 0 Å². The van der Waals surface area contributed by atoms with Crippen LogP contribution in [0.25, 0.3) is 11.3 Å². The molecular formula is C23H24ClN5O. The molecule has 0 unspecified atom stereocenters. The van der Waals surface area contributed by atoms with Gasteiger partial charge in [-0.2, -0.15) is 0 Å². The molecule has 1 aliphatic heterocycles. The van der Waals surface area contributed by atoms with E-state index in [2.05, 4.69) is 45.3 Å². The Morgan fingerprint density at radius 1 is 1.00 bits per heavy atom. The lowest BCUT2D eigenvalue weighted by atomic mass is 10.1. The Bertz CT molecular complexity index is 1060. The zero-order valence-electron chi connectivity index (χ0n) is 17.1. The second kappa shape index (κ2) is 8.71. The van der Waals surface area contributed by atoms with Crippen molar-refractivity contribution < 1.29 is 4.79 Å². The molecule has 2 amide bonds. The van der Waals surface area contributed by atoms with Gasteiger partial charge in [-0.25, -0.2) is 14.8 Å². The number of aromatic nitrogens is 2. The fraction of sp³-hybridized carbons (Fsp3) is 0.261. The van der Waals surface area contributed by atoms with Gasteiger partial charge in [-0.3, -0.25) is 0 Å². The van der Waals surface area contributed by atoms with Crippen LogP contribution < -0.4 is 10.2 Å². The Kier molecular flexibility index (Phi) is 5.86. The van der Waals surface area contributed by atoms with Crippen LogP contribution in [-0.4, -0.2) is 47.1 Å². The molecule has 0 aliphatic carbocycles. The van der Waals surface area contributed by atoms with Crippen LogP contribution in [-0.2, 0) is 0 Å². The van der Waals surface area contributed by atoms with Crippen molar-refractivity contribution in [3.05, 3.63) is 71.0 Å². The van der Waals surface area contributed by atoms with E-state index in [9.17, 15) is 4.79 Å². The van der Waals surface area contributed by atoms with Crippen molar-refractivity contribution in [3.8, 4) is 11.3 Å². The van der Waals surface area contributed by atoms with Crippen molar-refractivity contribution in [2.75, 3.05) is 36.4 Å². The molecule has 0 radical (unpaired) electrons. The third kappa shape index (κ3) is 4.54. The van der Waals surface area contributed by atoms with Crippen molar-refractivity contribution in [2.45, 2.75) is 13.8 Å². The van der Waals surface area contributed by atoms with Crippen molar-refractivity contribution in [3.63, 3.8) is 0 Å². The number of benzene rings is 2. The number of piperazine rings is 1. The van der Waals surface area contributed by atoms with Crippen LogP contribution in [0.4, 0.5) is 16.3 Å². The summed E-state index contributed by atoms with van der Waals surface area (Å²) in [5, 5.41) is 3.57. The maximum atomic E-state index is 12.6. The predicted molar refractivity (Wildman–Crippen MR) is 121 cm³/mol. The summed E-state index contributed by atoms with van der Waals surface area (Å²) in [7, 11) is 0. The first-order valence-electron chi connectivity index (χ1n) is 9.96. The van der Waals surface area contributed by atoms with Crippen LogP contribution in [0, 0.1) is 13.8 Å². The molecule has 30 heavy (non-hydrogen) atoms. The molecule has 3 aromatic rings. The van der Waals surface area contributed by atoms with E-state index in [1.54, 1.807) is 12.4 Å². The second-order valence-electron chi connectivity index (χ2n) is 7.50. The minimum absolute atomic E-state index is 0.113. The maximum absolute atomic E-state index is 12.6. The molecule has 1 N–H and O–H groups in total. The molecule has 0 saturated carbocycles. The number of urea groups is 1. The SMILES string of the molecule is Cc1cccc(-c2cc(N3CCN(C(=O)Nc4ccc(C)c(Cl)c4)CC3)ncn2)c1. The molecule has 1 aromatic heterocycles. The molecular weight excluding hydrogens is 398 g/mol. The van der Waals surface area contributed by atoms with Gasteiger partial charge in [0.2, 0.25) is 0 Å². The lowest BCUT2D eigenvalue weighted by Crippen LogP contribution is -2.50. The zero-order valence-corrected chi connectivity index (χ0v) is 17.9. The average Bonchev–Trinajstić information content (AvgIpc) is 2.76. The van der Waals surface area contributed by atoms with Gasteiger partial charge < -0.3 is 15.1 Å². The summed E-state index contributed by atoms with van der Waals surface area (Å²) >= 11 is 6.15. The largest absolute Gasteiger partial charge is 0.353 e. The van der Waals surface area contributed by atoms with E-state index >= 15 is 0 Å². The molecule has 1 saturated heterocycles. The van der Waals surface area contributed by atoms with Crippen molar-refractivity contribution in [2.24, 2.45) is 0 Å². The Balaban J connectivity index is 1.39. The highest BCUT2D eigenvalue weighted by atomic mass is 35.5. The molecule has 0 atom stereocenters. The van der Waals surface area contributed by atoms with E-state index in [1.165, 1.54) is 5.56 Å². The predicted octanol–water partition coefficient (Wildman–Crippen LogP) is 4.77. The van der Waals surface area contributed by atoms with Crippen LogP contribution in [0.1, 0.15) is 11.1 Å². The summed E-state index contributed by atoms with van der Waals surface area (Å²) in [5.74, 6) is 0.881.